The molecule has 0 bridgehead atoms. The van der Waals surface area contributed by atoms with Crippen LogP contribution in [0.2, 0.25) is 5.02 Å². The van der Waals surface area contributed by atoms with Crippen LogP contribution < -0.4 is 4.90 Å². The lowest BCUT2D eigenvalue weighted by Gasteiger charge is -2.60. The van der Waals surface area contributed by atoms with Crippen LogP contribution in [0.5, 0.6) is 0 Å². The van der Waals surface area contributed by atoms with Crippen molar-refractivity contribution in [3.63, 3.8) is 0 Å². The van der Waals surface area contributed by atoms with Crippen molar-refractivity contribution in [3.05, 3.63) is 58.6 Å². The summed E-state index contributed by atoms with van der Waals surface area (Å²) in [5.41, 5.74) is 2.71. The number of rotatable bonds is 3. The number of carbonyl (C=O) groups excluding carboxylic acids is 1. The zero-order valence-corrected chi connectivity index (χ0v) is 17.7. The van der Waals surface area contributed by atoms with Gasteiger partial charge < -0.3 is 14.5 Å². The summed E-state index contributed by atoms with van der Waals surface area (Å²) in [5.74, 6) is -0.339. The lowest BCUT2D eigenvalue weighted by atomic mass is 9.72. The highest BCUT2D eigenvalue weighted by atomic mass is 35.5. The number of anilines is 1. The normalized spacial score (nSPS) is 17.7. The van der Waals surface area contributed by atoms with Crippen molar-refractivity contribution in [2.45, 2.75) is 32.8 Å². The molecule has 1 amide bonds. The quantitative estimate of drug-likeness (QED) is 0.736. The largest absolute Gasteiger partial charge is 0.444 e. The van der Waals surface area contributed by atoms with E-state index >= 15 is 0 Å². The average molecular weight is 418 g/mol. The van der Waals surface area contributed by atoms with E-state index in [0.29, 0.717) is 11.4 Å². The number of benzene rings is 1. The Morgan fingerprint density at radius 1 is 1.21 bits per heavy atom. The van der Waals surface area contributed by atoms with Gasteiger partial charge in [0.2, 0.25) is 0 Å². The van der Waals surface area contributed by atoms with Crippen LogP contribution in [0.25, 0.3) is 0 Å². The molecular weight excluding hydrogens is 393 g/mol. The van der Waals surface area contributed by atoms with Crippen LogP contribution in [0.1, 0.15) is 31.9 Å². The molecular formula is C22H25ClFN3O2. The fourth-order valence-corrected chi connectivity index (χ4v) is 4.32. The van der Waals surface area contributed by atoms with Crippen LogP contribution >= 0.6 is 11.6 Å². The molecule has 0 unspecified atom stereocenters. The Balaban J connectivity index is 1.39. The van der Waals surface area contributed by atoms with Crippen molar-refractivity contribution < 1.29 is 13.9 Å². The minimum Gasteiger partial charge on any atom is -0.444 e. The van der Waals surface area contributed by atoms with Crippen molar-refractivity contribution in [2.24, 2.45) is 5.41 Å². The van der Waals surface area contributed by atoms with Gasteiger partial charge in [-0.1, -0.05) is 17.7 Å². The molecule has 2 aliphatic heterocycles. The summed E-state index contributed by atoms with van der Waals surface area (Å²) >= 11 is 6.20. The zero-order chi connectivity index (χ0) is 20.8. The third-order valence-electron chi connectivity index (χ3n) is 5.37. The zero-order valence-electron chi connectivity index (χ0n) is 16.9. The standard InChI is InChI=1S/C22H25ClFN3O2/c1-21(2,3)29-20(28)27-13-22(14-27)11-26(12-22)19-6-7-25-10-16(19)8-15-4-5-17(24)9-18(15)23/h4-7,9-10H,8,11-14H2,1-3H3. The second-order valence-corrected chi connectivity index (χ2v) is 9.52. The number of hydrogen-bond acceptors (Lipinski definition) is 4. The molecule has 154 valence electrons. The predicted molar refractivity (Wildman–Crippen MR) is 111 cm³/mol. The second kappa shape index (κ2) is 7.17. The molecule has 0 saturated carbocycles. The van der Waals surface area contributed by atoms with Gasteiger partial charge in [0.15, 0.2) is 0 Å². The maximum absolute atomic E-state index is 13.3. The topological polar surface area (TPSA) is 45.7 Å². The van der Waals surface area contributed by atoms with E-state index in [9.17, 15) is 9.18 Å². The average Bonchev–Trinajstić information content (AvgIpc) is 2.54. The summed E-state index contributed by atoms with van der Waals surface area (Å²) in [5, 5.41) is 0.423. The number of aromatic nitrogens is 1. The molecule has 2 fully saturated rings. The van der Waals surface area contributed by atoms with Gasteiger partial charge in [-0.25, -0.2) is 9.18 Å². The van der Waals surface area contributed by atoms with Gasteiger partial charge in [0.1, 0.15) is 11.4 Å². The highest BCUT2D eigenvalue weighted by Gasteiger charge is 2.54. The first-order valence-electron chi connectivity index (χ1n) is 9.74. The fourth-order valence-electron chi connectivity index (χ4n) is 4.09. The van der Waals surface area contributed by atoms with Crippen LogP contribution in [0, 0.1) is 11.2 Å². The molecule has 0 N–H and O–H groups in total. The van der Waals surface area contributed by atoms with Gasteiger partial charge in [-0.05, 0) is 50.1 Å². The van der Waals surface area contributed by atoms with E-state index in [1.807, 2.05) is 33.0 Å². The number of pyridine rings is 1. The summed E-state index contributed by atoms with van der Waals surface area (Å²) in [7, 11) is 0. The number of carbonyl (C=O) groups is 1. The van der Waals surface area contributed by atoms with Crippen molar-refractivity contribution in [2.75, 3.05) is 31.1 Å². The van der Waals surface area contributed by atoms with Crippen molar-refractivity contribution >= 4 is 23.4 Å². The smallest absolute Gasteiger partial charge is 0.410 e. The van der Waals surface area contributed by atoms with Gasteiger partial charge in [0.05, 0.1) is 0 Å². The van der Waals surface area contributed by atoms with Crippen molar-refractivity contribution in [3.8, 4) is 0 Å². The minimum absolute atomic E-state index is 0.144. The van der Waals surface area contributed by atoms with Crippen LogP contribution in [0.4, 0.5) is 14.9 Å². The lowest BCUT2D eigenvalue weighted by Crippen LogP contribution is -2.73. The highest BCUT2D eigenvalue weighted by Crippen LogP contribution is 2.43. The first kappa shape index (κ1) is 20.0. The monoisotopic (exact) mass is 417 g/mol. The molecule has 1 spiro atoms. The number of amides is 1. The molecule has 5 nitrogen and oxygen atoms in total. The maximum atomic E-state index is 13.3. The van der Waals surface area contributed by atoms with E-state index in [1.165, 1.54) is 12.1 Å². The maximum Gasteiger partial charge on any atom is 0.410 e. The summed E-state index contributed by atoms with van der Waals surface area (Å²) in [4.78, 5) is 20.5. The molecule has 1 aromatic carbocycles. The number of nitrogens with zero attached hydrogens (tertiary/aromatic N) is 3. The van der Waals surface area contributed by atoms with Crippen LogP contribution in [-0.4, -0.2) is 47.8 Å². The summed E-state index contributed by atoms with van der Waals surface area (Å²) in [6.07, 6.45) is 3.98. The van der Waals surface area contributed by atoms with E-state index in [-0.39, 0.29) is 17.3 Å². The number of likely N-dealkylation sites (tertiary alicyclic amines) is 1. The molecule has 29 heavy (non-hydrogen) atoms. The van der Waals surface area contributed by atoms with E-state index in [2.05, 4.69) is 9.88 Å². The van der Waals surface area contributed by atoms with Gasteiger partial charge in [0.25, 0.3) is 0 Å². The fraction of sp³-hybridized carbons (Fsp3) is 0.455. The molecule has 4 rings (SSSR count). The van der Waals surface area contributed by atoms with Crippen molar-refractivity contribution in [1.82, 2.24) is 9.88 Å². The molecule has 0 aliphatic carbocycles. The van der Waals surface area contributed by atoms with Crippen LogP contribution in [0.3, 0.4) is 0 Å². The van der Waals surface area contributed by atoms with Gasteiger partial charge in [-0.15, -0.1) is 0 Å². The Kier molecular flexibility index (Phi) is 4.93. The molecule has 2 saturated heterocycles. The first-order chi connectivity index (χ1) is 13.6. The van der Waals surface area contributed by atoms with E-state index < -0.39 is 5.60 Å². The Hall–Kier alpha value is -2.34. The Morgan fingerprint density at radius 2 is 1.93 bits per heavy atom. The SMILES string of the molecule is CC(C)(C)OC(=O)N1CC2(C1)CN(c1ccncc1Cc1ccc(F)cc1Cl)C2. The molecule has 2 aliphatic rings. The Bertz CT molecular complexity index is 930. The summed E-state index contributed by atoms with van der Waals surface area (Å²) in [6.45, 7) is 8.86. The van der Waals surface area contributed by atoms with Crippen LogP contribution in [0.15, 0.2) is 36.7 Å². The number of ether oxygens (including phenoxy) is 1. The van der Waals surface area contributed by atoms with Gasteiger partial charge in [-0.2, -0.15) is 0 Å². The number of halogens is 2. The highest BCUT2D eigenvalue weighted by molar-refractivity contribution is 6.31. The Labute approximate surface area is 175 Å². The molecule has 1 aromatic heterocycles. The van der Waals surface area contributed by atoms with E-state index in [1.54, 1.807) is 17.2 Å². The van der Waals surface area contributed by atoms with Gasteiger partial charge in [-0.3, -0.25) is 4.98 Å². The minimum atomic E-state index is -0.473. The van der Waals surface area contributed by atoms with Gasteiger partial charge >= 0.3 is 6.09 Å². The predicted octanol–water partition coefficient (Wildman–Crippen LogP) is 4.52. The third kappa shape index (κ3) is 4.17. The van der Waals surface area contributed by atoms with E-state index in [0.717, 1.165) is 43.0 Å². The molecule has 0 atom stereocenters. The Morgan fingerprint density at radius 3 is 2.59 bits per heavy atom. The van der Waals surface area contributed by atoms with Gasteiger partial charge in [0, 0.05) is 61.1 Å². The number of hydrogen-bond donors (Lipinski definition) is 0. The molecule has 3 heterocycles. The molecule has 2 aromatic rings. The third-order valence-corrected chi connectivity index (χ3v) is 5.72. The summed E-state index contributed by atoms with van der Waals surface area (Å²) in [6, 6.07) is 6.49. The van der Waals surface area contributed by atoms with Crippen LogP contribution in [-0.2, 0) is 11.2 Å². The van der Waals surface area contributed by atoms with E-state index in [4.69, 9.17) is 16.3 Å². The molecule has 7 heteroatoms. The van der Waals surface area contributed by atoms with Crippen molar-refractivity contribution in [1.29, 1.82) is 0 Å². The summed E-state index contributed by atoms with van der Waals surface area (Å²) < 4.78 is 18.8. The molecule has 0 radical (unpaired) electrons. The second-order valence-electron chi connectivity index (χ2n) is 9.11. The first-order valence-corrected chi connectivity index (χ1v) is 10.1. The lowest BCUT2D eigenvalue weighted by molar-refractivity contribution is -0.0453.